The fraction of sp³-hybridized carbons (Fsp3) is 0.176. The van der Waals surface area contributed by atoms with E-state index in [9.17, 15) is 14.0 Å². The number of amides is 1. The van der Waals surface area contributed by atoms with Gasteiger partial charge < -0.3 is 19.5 Å². The van der Waals surface area contributed by atoms with Gasteiger partial charge in [-0.3, -0.25) is 4.79 Å². The first-order valence-electron chi connectivity index (χ1n) is 7.34. The van der Waals surface area contributed by atoms with E-state index in [2.05, 4.69) is 21.2 Å². The number of ether oxygens (including phenoxy) is 3. The molecule has 0 saturated heterocycles. The van der Waals surface area contributed by atoms with Crippen LogP contribution in [0.4, 0.5) is 10.1 Å². The van der Waals surface area contributed by atoms with Gasteiger partial charge in [-0.25, -0.2) is 9.18 Å². The van der Waals surface area contributed by atoms with Crippen LogP contribution in [0.25, 0.3) is 0 Å². The van der Waals surface area contributed by atoms with Gasteiger partial charge in [-0.1, -0.05) is 15.9 Å². The maximum Gasteiger partial charge on any atom is 0.338 e. The molecule has 1 aliphatic rings. The number of rotatable bonds is 4. The van der Waals surface area contributed by atoms with Crippen LogP contribution < -0.4 is 14.8 Å². The van der Waals surface area contributed by atoms with Gasteiger partial charge in [0.15, 0.2) is 18.1 Å². The summed E-state index contributed by atoms with van der Waals surface area (Å²) in [5, 5.41) is 2.34. The molecule has 130 valence electrons. The molecule has 0 radical (unpaired) electrons. The van der Waals surface area contributed by atoms with Crippen LogP contribution in [0.1, 0.15) is 10.4 Å². The van der Waals surface area contributed by atoms with Crippen LogP contribution in [0, 0.1) is 5.82 Å². The Balaban J connectivity index is 1.57. The van der Waals surface area contributed by atoms with Crippen LogP contribution in [-0.2, 0) is 9.53 Å². The zero-order chi connectivity index (χ0) is 17.8. The molecule has 2 aromatic rings. The van der Waals surface area contributed by atoms with Crippen LogP contribution >= 0.6 is 15.9 Å². The average Bonchev–Trinajstić information content (AvgIpc) is 2.61. The highest BCUT2D eigenvalue weighted by atomic mass is 79.9. The summed E-state index contributed by atoms with van der Waals surface area (Å²) in [7, 11) is 0. The number of hydrogen-bond donors (Lipinski definition) is 1. The number of anilines is 1. The lowest BCUT2D eigenvalue weighted by Gasteiger charge is -2.18. The van der Waals surface area contributed by atoms with E-state index in [-0.39, 0.29) is 11.3 Å². The second kappa shape index (κ2) is 7.52. The second-order valence-electron chi connectivity index (χ2n) is 5.11. The van der Waals surface area contributed by atoms with Crippen LogP contribution in [-0.4, -0.2) is 31.7 Å². The fourth-order valence-corrected chi connectivity index (χ4v) is 2.50. The van der Waals surface area contributed by atoms with E-state index >= 15 is 0 Å². The number of benzene rings is 2. The lowest BCUT2D eigenvalue weighted by Crippen LogP contribution is -2.21. The molecule has 1 heterocycles. The van der Waals surface area contributed by atoms with E-state index in [4.69, 9.17) is 14.2 Å². The number of fused-ring (bicyclic) bond motifs is 1. The number of carbonyl (C=O) groups excluding carboxylic acids is 2. The Morgan fingerprint density at radius 1 is 1.12 bits per heavy atom. The van der Waals surface area contributed by atoms with Crippen molar-refractivity contribution >= 4 is 33.5 Å². The van der Waals surface area contributed by atoms with Gasteiger partial charge in [0.2, 0.25) is 0 Å². The van der Waals surface area contributed by atoms with Gasteiger partial charge in [-0.05, 0) is 36.4 Å². The van der Waals surface area contributed by atoms with Crippen molar-refractivity contribution in [2.45, 2.75) is 0 Å². The van der Waals surface area contributed by atoms with Crippen LogP contribution in [0.3, 0.4) is 0 Å². The lowest BCUT2D eigenvalue weighted by molar-refractivity contribution is -0.119. The molecule has 2 aromatic carbocycles. The molecule has 0 spiro atoms. The SMILES string of the molecule is O=C(COC(=O)c1ccc2c(c1)OCCO2)Nc1ccc(Br)cc1F. The lowest BCUT2D eigenvalue weighted by atomic mass is 10.2. The highest BCUT2D eigenvalue weighted by Gasteiger charge is 2.17. The van der Waals surface area contributed by atoms with Crippen molar-refractivity contribution in [1.29, 1.82) is 0 Å². The first-order valence-corrected chi connectivity index (χ1v) is 8.14. The first-order chi connectivity index (χ1) is 12.0. The predicted molar refractivity (Wildman–Crippen MR) is 90.4 cm³/mol. The molecule has 8 heteroatoms. The molecule has 1 aliphatic heterocycles. The number of esters is 1. The van der Waals surface area contributed by atoms with Crippen LogP contribution in [0.2, 0.25) is 0 Å². The molecule has 6 nitrogen and oxygen atoms in total. The summed E-state index contributed by atoms with van der Waals surface area (Å²) in [6, 6.07) is 8.81. The number of nitrogens with one attached hydrogen (secondary N) is 1. The third-order valence-corrected chi connectivity index (χ3v) is 3.81. The van der Waals surface area contributed by atoms with Crippen molar-refractivity contribution in [3.63, 3.8) is 0 Å². The van der Waals surface area contributed by atoms with Gasteiger partial charge in [0.05, 0.1) is 11.3 Å². The van der Waals surface area contributed by atoms with Crippen molar-refractivity contribution in [3.05, 3.63) is 52.3 Å². The molecule has 3 rings (SSSR count). The summed E-state index contributed by atoms with van der Waals surface area (Å²) in [4.78, 5) is 23.8. The van der Waals surface area contributed by atoms with Crippen LogP contribution in [0.15, 0.2) is 40.9 Å². The Hall–Kier alpha value is -2.61. The summed E-state index contributed by atoms with van der Waals surface area (Å²) in [5.41, 5.74) is 0.232. The normalized spacial score (nSPS) is 12.4. The van der Waals surface area contributed by atoms with Crippen molar-refractivity contribution < 1.29 is 28.2 Å². The van der Waals surface area contributed by atoms with Gasteiger partial charge in [-0.15, -0.1) is 0 Å². The maximum atomic E-state index is 13.7. The van der Waals surface area contributed by atoms with E-state index in [1.807, 2.05) is 0 Å². The van der Waals surface area contributed by atoms with E-state index in [0.29, 0.717) is 29.2 Å². The van der Waals surface area contributed by atoms with Crippen molar-refractivity contribution in [2.24, 2.45) is 0 Å². The largest absolute Gasteiger partial charge is 0.486 e. The third kappa shape index (κ3) is 4.27. The number of hydrogen-bond acceptors (Lipinski definition) is 5. The predicted octanol–water partition coefficient (Wildman–Crippen LogP) is 3.15. The van der Waals surface area contributed by atoms with E-state index in [1.54, 1.807) is 12.1 Å². The second-order valence-corrected chi connectivity index (χ2v) is 6.02. The van der Waals surface area contributed by atoms with E-state index < -0.39 is 24.3 Å². The molecule has 0 fully saturated rings. The average molecular weight is 410 g/mol. The summed E-state index contributed by atoms with van der Waals surface area (Å²) in [6.07, 6.45) is 0. The maximum absolute atomic E-state index is 13.7. The van der Waals surface area contributed by atoms with Crippen molar-refractivity contribution in [1.82, 2.24) is 0 Å². The zero-order valence-electron chi connectivity index (χ0n) is 12.9. The Labute approximate surface area is 151 Å². The van der Waals surface area contributed by atoms with E-state index in [1.165, 1.54) is 24.3 Å². The molecule has 0 saturated carbocycles. The van der Waals surface area contributed by atoms with Crippen molar-refractivity contribution in [3.8, 4) is 11.5 Å². The van der Waals surface area contributed by atoms with Gasteiger partial charge in [0.25, 0.3) is 5.91 Å². The minimum atomic E-state index is -0.691. The first kappa shape index (κ1) is 17.2. The molecule has 0 aromatic heterocycles. The van der Waals surface area contributed by atoms with Gasteiger partial charge in [0, 0.05) is 4.47 Å². The fourth-order valence-electron chi connectivity index (χ4n) is 2.16. The molecule has 0 unspecified atom stereocenters. The Kier molecular flexibility index (Phi) is 5.18. The van der Waals surface area contributed by atoms with Crippen molar-refractivity contribution in [2.75, 3.05) is 25.1 Å². The Morgan fingerprint density at radius 2 is 1.88 bits per heavy atom. The minimum Gasteiger partial charge on any atom is -0.486 e. The van der Waals surface area contributed by atoms with Gasteiger partial charge in [0.1, 0.15) is 19.0 Å². The smallest absolute Gasteiger partial charge is 0.338 e. The van der Waals surface area contributed by atoms with Gasteiger partial charge >= 0.3 is 5.97 Å². The van der Waals surface area contributed by atoms with Gasteiger partial charge in [-0.2, -0.15) is 0 Å². The van der Waals surface area contributed by atoms with E-state index in [0.717, 1.165) is 0 Å². The molecule has 0 atom stereocenters. The molecule has 0 bridgehead atoms. The zero-order valence-corrected chi connectivity index (χ0v) is 14.5. The quantitative estimate of drug-likeness (QED) is 0.785. The molecular weight excluding hydrogens is 397 g/mol. The minimum absolute atomic E-state index is 0.00331. The molecule has 1 N–H and O–H groups in total. The number of halogens is 2. The Morgan fingerprint density at radius 3 is 2.64 bits per heavy atom. The molecule has 25 heavy (non-hydrogen) atoms. The molecule has 1 amide bonds. The summed E-state index contributed by atoms with van der Waals surface area (Å²) in [6.45, 7) is 0.305. The number of carbonyl (C=O) groups is 2. The molecule has 0 aliphatic carbocycles. The topological polar surface area (TPSA) is 73.9 Å². The third-order valence-electron chi connectivity index (χ3n) is 3.32. The molecular formula is C17H13BrFNO5. The summed E-state index contributed by atoms with van der Waals surface area (Å²) in [5.74, 6) is -0.940. The summed E-state index contributed by atoms with van der Waals surface area (Å²) < 4.78 is 29.9. The highest BCUT2D eigenvalue weighted by Crippen LogP contribution is 2.30. The summed E-state index contributed by atoms with van der Waals surface area (Å²) >= 11 is 3.12. The highest BCUT2D eigenvalue weighted by molar-refractivity contribution is 9.10. The van der Waals surface area contributed by atoms with Crippen LogP contribution in [0.5, 0.6) is 11.5 Å². The Bertz CT molecular complexity index is 827. The monoisotopic (exact) mass is 409 g/mol. The standard InChI is InChI=1S/C17H13BrFNO5/c18-11-2-3-13(12(19)8-11)20-16(21)9-25-17(22)10-1-4-14-15(7-10)24-6-5-23-14/h1-4,7-8H,5-6,9H2,(H,20,21).